The van der Waals surface area contributed by atoms with Crippen LogP contribution in [0.5, 0.6) is 5.75 Å². The molecule has 25 heavy (non-hydrogen) atoms. The van der Waals surface area contributed by atoms with Crippen LogP contribution in [0.3, 0.4) is 0 Å². The fraction of sp³-hybridized carbons (Fsp3) is 0.632. The van der Waals surface area contributed by atoms with Crippen molar-refractivity contribution in [2.75, 3.05) is 33.4 Å². The van der Waals surface area contributed by atoms with Crippen molar-refractivity contribution in [3.63, 3.8) is 0 Å². The second-order valence-corrected chi connectivity index (χ2v) is 8.28. The highest BCUT2D eigenvalue weighted by atomic mass is 35.5. The first-order valence-electron chi connectivity index (χ1n) is 9.06. The van der Waals surface area contributed by atoms with Gasteiger partial charge in [-0.3, -0.25) is 0 Å². The number of nitrogens with zero attached hydrogens (tertiary/aromatic N) is 1. The lowest BCUT2D eigenvalue weighted by Gasteiger charge is -2.51. The molecular formula is C19H26Cl2NO3+. The number of benzene rings is 1. The van der Waals surface area contributed by atoms with E-state index in [1.807, 2.05) is 0 Å². The average molecular weight is 387 g/mol. The van der Waals surface area contributed by atoms with Gasteiger partial charge < -0.3 is 14.0 Å². The zero-order valence-corrected chi connectivity index (χ0v) is 16.2. The first-order chi connectivity index (χ1) is 12.0. The van der Waals surface area contributed by atoms with Gasteiger partial charge in [0.15, 0.2) is 6.61 Å². The Morgan fingerprint density at radius 3 is 2.80 bits per heavy atom. The Balaban J connectivity index is 1.48. The van der Waals surface area contributed by atoms with Gasteiger partial charge in [-0.25, -0.2) is 4.79 Å². The minimum Gasteiger partial charge on any atom is -0.480 e. The first-order valence-corrected chi connectivity index (χ1v) is 9.81. The van der Waals surface area contributed by atoms with Gasteiger partial charge in [-0.15, -0.1) is 0 Å². The molecule has 0 saturated carbocycles. The molecule has 0 unspecified atom stereocenters. The zero-order chi connectivity index (χ0) is 17.9. The number of piperidine rings is 2. The minimum atomic E-state index is -0.346. The smallest absolute Gasteiger partial charge is 0.344 e. The number of quaternary nitrogens is 1. The van der Waals surface area contributed by atoms with Gasteiger partial charge in [-0.2, -0.15) is 0 Å². The fourth-order valence-electron chi connectivity index (χ4n) is 4.40. The molecule has 2 saturated heterocycles. The molecular weight excluding hydrogens is 361 g/mol. The van der Waals surface area contributed by atoms with Gasteiger partial charge in [-0.1, -0.05) is 23.2 Å². The van der Waals surface area contributed by atoms with Gasteiger partial charge >= 0.3 is 5.97 Å². The summed E-state index contributed by atoms with van der Waals surface area (Å²) in [7, 11) is 2.36. The summed E-state index contributed by atoms with van der Waals surface area (Å²) in [5, 5.41) is 0.925. The number of esters is 1. The quantitative estimate of drug-likeness (QED) is 0.558. The van der Waals surface area contributed by atoms with Crippen molar-refractivity contribution in [2.24, 2.45) is 5.92 Å². The summed E-state index contributed by atoms with van der Waals surface area (Å²) >= 11 is 11.9. The lowest BCUT2D eigenvalue weighted by molar-refractivity contribution is -0.947. The third-order valence-corrected chi connectivity index (χ3v) is 6.24. The Morgan fingerprint density at radius 1 is 1.20 bits per heavy atom. The molecule has 1 aromatic carbocycles. The predicted octanol–water partition coefficient (Wildman–Crippen LogP) is 4.32. The summed E-state index contributed by atoms with van der Waals surface area (Å²) in [6.07, 6.45) is 6.22. The molecule has 0 N–H and O–H groups in total. The van der Waals surface area contributed by atoms with E-state index in [0.29, 0.717) is 34.4 Å². The number of hydrogen-bond acceptors (Lipinski definition) is 3. The van der Waals surface area contributed by atoms with E-state index < -0.39 is 0 Å². The highest BCUT2D eigenvalue weighted by Crippen LogP contribution is 2.36. The molecule has 0 amide bonds. The molecule has 0 aromatic heterocycles. The lowest BCUT2D eigenvalue weighted by atomic mass is 9.82. The second-order valence-electron chi connectivity index (χ2n) is 7.44. The number of fused-ring (bicyclic) bond motifs is 1. The van der Waals surface area contributed by atoms with Crippen molar-refractivity contribution in [3.05, 3.63) is 28.2 Å². The molecule has 3 atom stereocenters. The van der Waals surface area contributed by atoms with Gasteiger partial charge in [0.1, 0.15) is 5.75 Å². The fourth-order valence-corrected chi connectivity index (χ4v) is 4.86. The minimum absolute atomic E-state index is 0.134. The van der Waals surface area contributed by atoms with Gasteiger partial charge in [0.25, 0.3) is 0 Å². The Kier molecular flexibility index (Phi) is 6.13. The van der Waals surface area contributed by atoms with E-state index in [2.05, 4.69) is 7.05 Å². The van der Waals surface area contributed by atoms with Crippen molar-refractivity contribution in [2.45, 2.75) is 38.1 Å². The van der Waals surface area contributed by atoms with Crippen molar-refractivity contribution >= 4 is 29.2 Å². The van der Waals surface area contributed by atoms with Crippen molar-refractivity contribution in [1.82, 2.24) is 0 Å². The number of hydrogen-bond donors (Lipinski definition) is 0. The number of ether oxygens (including phenoxy) is 2. The second kappa shape index (κ2) is 8.15. The van der Waals surface area contributed by atoms with Gasteiger partial charge in [-0.05, 0) is 43.9 Å². The molecule has 4 nitrogen and oxygen atoms in total. The standard InChI is InChI=1S/C19H26Cl2NO3/c1-22-9-3-2-6-17(22)14(5-4-10-22)12-25-19(23)13-24-18-8-7-15(20)11-16(18)21/h7-8,11,14,17H,2-6,9-10,12-13H2,1H3/q+1/t14-,17-,22-/m1/s1. The molecule has 0 aliphatic carbocycles. The highest BCUT2D eigenvalue weighted by Gasteiger charge is 2.43. The van der Waals surface area contributed by atoms with E-state index in [1.165, 1.54) is 38.8 Å². The van der Waals surface area contributed by atoms with Crippen LogP contribution in [0.2, 0.25) is 10.0 Å². The summed E-state index contributed by atoms with van der Waals surface area (Å²) in [6, 6.07) is 5.55. The largest absolute Gasteiger partial charge is 0.480 e. The van der Waals surface area contributed by atoms with Crippen molar-refractivity contribution < 1.29 is 18.8 Å². The third kappa shape index (κ3) is 4.60. The van der Waals surface area contributed by atoms with Gasteiger partial charge in [0.2, 0.25) is 0 Å². The number of rotatable bonds is 5. The van der Waals surface area contributed by atoms with E-state index in [0.717, 1.165) is 10.9 Å². The van der Waals surface area contributed by atoms with Crippen LogP contribution < -0.4 is 4.74 Å². The van der Waals surface area contributed by atoms with Crippen LogP contribution in [0.1, 0.15) is 32.1 Å². The highest BCUT2D eigenvalue weighted by molar-refractivity contribution is 6.35. The van der Waals surface area contributed by atoms with E-state index in [4.69, 9.17) is 32.7 Å². The molecule has 138 valence electrons. The Labute approximate surface area is 159 Å². The topological polar surface area (TPSA) is 35.5 Å². The number of carbonyl (C=O) groups is 1. The van der Waals surface area contributed by atoms with Crippen LogP contribution in [-0.4, -0.2) is 49.8 Å². The summed E-state index contributed by atoms with van der Waals surface area (Å²) < 4.78 is 12.1. The first kappa shape index (κ1) is 18.8. The maximum Gasteiger partial charge on any atom is 0.344 e. The Morgan fingerprint density at radius 2 is 2.00 bits per heavy atom. The van der Waals surface area contributed by atoms with Crippen molar-refractivity contribution in [1.29, 1.82) is 0 Å². The summed E-state index contributed by atoms with van der Waals surface area (Å²) in [5.74, 6) is 0.556. The van der Waals surface area contributed by atoms with Crippen LogP contribution in [0.4, 0.5) is 0 Å². The summed E-state index contributed by atoms with van der Waals surface area (Å²) in [6.45, 7) is 2.88. The molecule has 2 aliphatic rings. The SMILES string of the molecule is C[N@+]12CCCC[C@@H]1[C@@H](COC(=O)COc1ccc(Cl)cc1Cl)CCC2. The average Bonchev–Trinajstić information content (AvgIpc) is 2.58. The Hall–Kier alpha value is -0.970. The van der Waals surface area contributed by atoms with Gasteiger partial charge in [0, 0.05) is 17.4 Å². The molecule has 2 aliphatic heterocycles. The van der Waals surface area contributed by atoms with E-state index in [-0.39, 0.29) is 12.6 Å². The molecule has 0 radical (unpaired) electrons. The monoisotopic (exact) mass is 386 g/mol. The Bertz CT molecular complexity index is 621. The van der Waals surface area contributed by atoms with Crippen molar-refractivity contribution in [3.8, 4) is 5.75 Å². The normalized spacial score (nSPS) is 28.9. The molecule has 2 heterocycles. The molecule has 6 heteroatoms. The number of halogens is 2. The van der Waals surface area contributed by atoms with Crippen LogP contribution in [0, 0.1) is 5.92 Å². The zero-order valence-electron chi connectivity index (χ0n) is 14.7. The molecule has 0 spiro atoms. The molecule has 0 bridgehead atoms. The maximum absolute atomic E-state index is 12.1. The van der Waals surface area contributed by atoms with Crippen LogP contribution in [0.25, 0.3) is 0 Å². The van der Waals surface area contributed by atoms with Crippen LogP contribution in [0.15, 0.2) is 18.2 Å². The summed E-state index contributed by atoms with van der Waals surface area (Å²) in [5.41, 5.74) is 0. The molecule has 2 fully saturated rings. The molecule has 3 rings (SSSR count). The third-order valence-electron chi connectivity index (χ3n) is 5.71. The van der Waals surface area contributed by atoms with Crippen LogP contribution >= 0.6 is 23.2 Å². The van der Waals surface area contributed by atoms with E-state index >= 15 is 0 Å². The maximum atomic E-state index is 12.1. The summed E-state index contributed by atoms with van der Waals surface area (Å²) in [4.78, 5) is 12.1. The number of carbonyl (C=O) groups excluding carboxylic acids is 1. The van der Waals surface area contributed by atoms with Crippen LogP contribution in [-0.2, 0) is 9.53 Å². The van der Waals surface area contributed by atoms with Gasteiger partial charge in [0.05, 0.1) is 37.8 Å². The van der Waals surface area contributed by atoms with E-state index in [1.54, 1.807) is 18.2 Å². The van der Waals surface area contributed by atoms with E-state index in [9.17, 15) is 4.79 Å². The molecule has 1 aromatic rings. The predicted molar refractivity (Wildman–Crippen MR) is 99.2 cm³/mol. The lowest BCUT2D eigenvalue weighted by Crippen LogP contribution is -2.61.